The van der Waals surface area contributed by atoms with Crippen LogP contribution in [0, 0.1) is 0 Å². The topological polar surface area (TPSA) is 18.5 Å². The normalized spacial score (nSPS) is 24.7. The molecule has 1 aromatic carbocycles. The van der Waals surface area contributed by atoms with E-state index in [1.165, 1.54) is 12.0 Å². The molecule has 1 aliphatic rings. The maximum atomic E-state index is 5.57. The quantitative estimate of drug-likeness (QED) is 0.754. The molecular weight excluding hydrogens is 188 g/mol. The molecular formula is C13H18O2. The molecule has 0 N–H and O–H groups in total. The molecule has 1 heterocycles. The van der Waals surface area contributed by atoms with Crippen LogP contribution in [0.1, 0.15) is 25.3 Å². The fraction of sp³-hybridized carbons (Fsp3) is 0.538. The predicted octanol–water partition coefficient (Wildman–Crippen LogP) is 2.81. The molecule has 1 aliphatic heterocycles. The van der Waals surface area contributed by atoms with Crippen LogP contribution < -0.4 is 4.74 Å². The molecule has 1 unspecified atom stereocenters. The average molecular weight is 206 g/mol. The van der Waals surface area contributed by atoms with Gasteiger partial charge in [0.15, 0.2) is 0 Å². The first-order chi connectivity index (χ1) is 7.22. The first-order valence-corrected chi connectivity index (χ1v) is 5.49. The van der Waals surface area contributed by atoms with Crippen molar-refractivity contribution < 1.29 is 9.47 Å². The van der Waals surface area contributed by atoms with Gasteiger partial charge in [-0.3, -0.25) is 0 Å². The predicted molar refractivity (Wildman–Crippen MR) is 60.3 cm³/mol. The number of benzene rings is 1. The smallest absolute Gasteiger partial charge is 0.119 e. The Balaban J connectivity index is 1.92. The lowest BCUT2D eigenvalue weighted by atomic mass is 9.90. The van der Waals surface area contributed by atoms with Crippen LogP contribution in [0.25, 0.3) is 0 Å². The first-order valence-electron chi connectivity index (χ1n) is 5.49. The van der Waals surface area contributed by atoms with Gasteiger partial charge in [0, 0.05) is 0 Å². The summed E-state index contributed by atoms with van der Waals surface area (Å²) in [4.78, 5) is 0. The standard InChI is InChI=1S/C13H18O2/c1-13(8-9-15-13)7-6-11-4-3-5-12(10-11)14-2/h3-5,10H,6-9H2,1-2H3. The maximum absolute atomic E-state index is 5.57. The molecule has 1 atom stereocenters. The average Bonchev–Trinajstić information content (AvgIpc) is 2.24. The number of rotatable bonds is 4. The SMILES string of the molecule is COc1cccc(CCC2(C)CCO2)c1. The second kappa shape index (κ2) is 4.23. The van der Waals surface area contributed by atoms with Gasteiger partial charge in [0.25, 0.3) is 0 Å². The lowest BCUT2D eigenvalue weighted by Crippen LogP contribution is -2.40. The molecule has 1 fully saturated rings. The van der Waals surface area contributed by atoms with Gasteiger partial charge >= 0.3 is 0 Å². The zero-order chi connectivity index (χ0) is 10.7. The van der Waals surface area contributed by atoms with Gasteiger partial charge in [0.2, 0.25) is 0 Å². The summed E-state index contributed by atoms with van der Waals surface area (Å²) in [5.41, 5.74) is 1.45. The molecule has 2 heteroatoms. The highest BCUT2D eigenvalue weighted by Crippen LogP contribution is 2.30. The molecule has 0 radical (unpaired) electrons. The molecule has 1 saturated heterocycles. The van der Waals surface area contributed by atoms with Crippen LogP contribution in [0.5, 0.6) is 5.75 Å². The van der Waals surface area contributed by atoms with Crippen molar-refractivity contribution in [2.45, 2.75) is 31.8 Å². The summed E-state index contributed by atoms with van der Waals surface area (Å²) in [5, 5.41) is 0. The fourth-order valence-electron chi connectivity index (χ4n) is 1.88. The van der Waals surface area contributed by atoms with E-state index in [9.17, 15) is 0 Å². The Morgan fingerprint density at radius 1 is 1.47 bits per heavy atom. The van der Waals surface area contributed by atoms with Crippen molar-refractivity contribution in [2.75, 3.05) is 13.7 Å². The lowest BCUT2D eigenvalue weighted by molar-refractivity contribution is -0.137. The van der Waals surface area contributed by atoms with Crippen LogP contribution in [0.2, 0.25) is 0 Å². The van der Waals surface area contributed by atoms with Crippen molar-refractivity contribution in [3.8, 4) is 5.75 Å². The van der Waals surface area contributed by atoms with E-state index in [0.29, 0.717) is 0 Å². The van der Waals surface area contributed by atoms with Gasteiger partial charge in [-0.05, 0) is 43.9 Å². The Morgan fingerprint density at radius 3 is 2.87 bits per heavy atom. The highest BCUT2D eigenvalue weighted by atomic mass is 16.5. The Labute approximate surface area is 91.2 Å². The van der Waals surface area contributed by atoms with Crippen LogP contribution in [0.4, 0.5) is 0 Å². The fourth-order valence-corrected chi connectivity index (χ4v) is 1.88. The van der Waals surface area contributed by atoms with Crippen LogP contribution in [-0.2, 0) is 11.2 Å². The monoisotopic (exact) mass is 206 g/mol. The van der Waals surface area contributed by atoms with E-state index in [4.69, 9.17) is 9.47 Å². The zero-order valence-corrected chi connectivity index (χ0v) is 9.45. The Hall–Kier alpha value is -1.02. The molecule has 2 rings (SSSR count). The highest BCUT2D eigenvalue weighted by Gasteiger charge is 2.32. The van der Waals surface area contributed by atoms with Gasteiger partial charge in [-0.25, -0.2) is 0 Å². The molecule has 0 bridgehead atoms. The Bertz CT molecular complexity index is 329. The van der Waals surface area contributed by atoms with Gasteiger partial charge in [0.1, 0.15) is 5.75 Å². The second-order valence-corrected chi connectivity index (χ2v) is 4.40. The largest absolute Gasteiger partial charge is 0.497 e. The van der Waals surface area contributed by atoms with Gasteiger partial charge in [-0.1, -0.05) is 12.1 Å². The van der Waals surface area contributed by atoms with Gasteiger partial charge < -0.3 is 9.47 Å². The van der Waals surface area contributed by atoms with E-state index in [1.54, 1.807) is 7.11 Å². The summed E-state index contributed by atoms with van der Waals surface area (Å²) in [7, 11) is 1.70. The number of ether oxygens (including phenoxy) is 2. The van der Waals surface area contributed by atoms with Crippen molar-refractivity contribution in [2.24, 2.45) is 0 Å². The summed E-state index contributed by atoms with van der Waals surface area (Å²) < 4.78 is 10.8. The molecule has 1 aromatic rings. The summed E-state index contributed by atoms with van der Waals surface area (Å²) in [6.45, 7) is 3.12. The van der Waals surface area contributed by atoms with Crippen molar-refractivity contribution in [1.29, 1.82) is 0 Å². The van der Waals surface area contributed by atoms with Crippen molar-refractivity contribution in [3.63, 3.8) is 0 Å². The van der Waals surface area contributed by atoms with Crippen LogP contribution in [0.15, 0.2) is 24.3 Å². The second-order valence-electron chi connectivity index (χ2n) is 4.40. The molecule has 15 heavy (non-hydrogen) atoms. The molecule has 0 saturated carbocycles. The van der Waals surface area contributed by atoms with Gasteiger partial charge in [-0.15, -0.1) is 0 Å². The van der Waals surface area contributed by atoms with E-state index in [-0.39, 0.29) is 5.60 Å². The van der Waals surface area contributed by atoms with E-state index < -0.39 is 0 Å². The summed E-state index contributed by atoms with van der Waals surface area (Å²) in [5.74, 6) is 0.937. The summed E-state index contributed by atoms with van der Waals surface area (Å²) >= 11 is 0. The van der Waals surface area contributed by atoms with Crippen LogP contribution >= 0.6 is 0 Å². The van der Waals surface area contributed by atoms with Crippen molar-refractivity contribution >= 4 is 0 Å². The molecule has 82 valence electrons. The zero-order valence-electron chi connectivity index (χ0n) is 9.45. The van der Waals surface area contributed by atoms with Crippen LogP contribution in [-0.4, -0.2) is 19.3 Å². The molecule has 2 nitrogen and oxygen atoms in total. The Kier molecular flexibility index (Phi) is 2.96. The van der Waals surface area contributed by atoms with E-state index in [2.05, 4.69) is 19.1 Å². The molecule has 0 aliphatic carbocycles. The van der Waals surface area contributed by atoms with Gasteiger partial charge in [-0.2, -0.15) is 0 Å². The van der Waals surface area contributed by atoms with E-state index in [1.807, 2.05) is 12.1 Å². The third-order valence-corrected chi connectivity index (χ3v) is 3.16. The minimum atomic E-state index is 0.128. The van der Waals surface area contributed by atoms with Crippen molar-refractivity contribution in [1.82, 2.24) is 0 Å². The minimum Gasteiger partial charge on any atom is -0.497 e. The number of hydrogen-bond acceptors (Lipinski definition) is 2. The number of aryl methyl sites for hydroxylation is 1. The maximum Gasteiger partial charge on any atom is 0.119 e. The number of hydrogen-bond donors (Lipinski definition) is 0. The minimum absolute atomic E-state index is 0.128. The highest BCUT2D eigenvalue weighted by molar-refractivity contribution is 5.28. The van der Waals surface area contributed by atoms with E-state index in [0.717, 1.165) is 25.2 Å². The molecule has 0 spiro atoms. The Morgan fingerprint density at radius 2 is 2.27 bits per heavy atom. The van der Waals surface area contributed by atoms with Gasteiger partial charge in [0.05, 0.1) is 19.3 Å². The molecule has 0 amide bonds. The summed E-state index contributed by atoms with van der Waals surface area (Å²) in [6.07, 6.45) is 3.35. The number of methoxy groups -OCH3 is 1. The summed E-state index contributed by atoms with van der Waals surface area (Å²) in [6, 6.07) is 8.26. The lowest BCUT2D eigenvalue weighted by Gasteiger charge is -2.38. The van der Waals surface area contributed by atoms with E-state index >= 15 is 0 Å². The third-order valence-electron chi connectivity index (χ3n) is 3.16. The van der Waals surface area contributed by atoms with Crippen molar-refractivity contribution in [3.05, 3.63) is 29.8 Å². The molecule has 0 aromatic heterocycles. The first kappa shape index (κ1) is 10.5. The van der Waals surface area contributed by atoms with Crippen LogP contribution in [0.3, 0.4) is 0 Å². The third kappa shape index (κ3) is 2.51.